The second-order valence-corrected chi connectivity index (χ2v) is 4.13. The summed E-state index contributed by atoms with van der Waals surface area (Å²) < 4.78 is 5.03. The molecular formula is C12H15ClN2O. The second kappa shape index (κ2) is 6.37. The van der Waals surface area contributed by atoms with Crippen LogP contribution in [0.25, 0.3) is 0 Å². The van der Waals surface area contributed by atoms with Crippen molar-refractivity contribution in [1.82, 2.24) is 0 Å². The number of rotatable bonds is 5. The van der Waals surface area contributed by atoms with Crippen LogP contribution in [0.4, 0.5) is 5.69 Å². The number of nitriles is 1. The number of halogens is 1. The van der Waals surface area contributed by atoms with Gasteiger partial charge in [-0.15, -0.1) is 0 Å². The molecule has 2 unspecified atom stereocenters. The molecule has 0 bridgehead atoms. The SMILES string of the molecule is COCC(C)C(C#N)Nc1ccc(Cl)cc1. The summed E-state index contributed by atoms with van der Waals surface area (Å²) in [5.41, 5.74) is 0.888. The molecule has 0 aliphatic carbocycles. The minimum atomic E-state index is -0.263. The Hall–Kier alpha value is -1.24. The van der Waals surface area contributed by atoms with Gasteiger partial charge in [0.05, 0.1) is 12.7 Å². The van der Waals surface area contributed by atoms with E-state index in [0.717, 1.165) is 5.69 Å². The number of nitrogens with one attached hydrogen (secondary N) is 1. The van der Waals surface area contributed by atoms with Gasteiger partial charge in [-0.2, -0.15) is 5.26 Å². The summed E-state index contributed by atoms with van der Waals surface area (Å²) in [7, 11) is 1.63. The van der Waals surface area contributed by atoms with Gasteiger partial charge in [-0.3, -0.25) is 0 Å². The number of anilines is 1. The maximum atomic E-state index is 9.04. The Morgan fingerprint density at radius 3 is 2.56 bits per heavy atom. The van der Waals surface area contributed by atoms with Crippen molar-refractivity contribution in [2.45, 2.75) is 13.0 Å². The third-order valence-corrected chi connectivity index (χ3v) is 2.56. The molecule has 0 saturated carbocycles. The third-order valence-electron chi connectivity index (χ3n) is 2.30. The van der Waals surface area contributed by atoms with Gasteiger partial charge in [0.15, 0.2) is 0 Å². The van der Waals surface area contributed by atoms with E-state index < -0.39 is 0 Å². The summed E-state index contributed by atoms with van der Waals surface area (Å²) in [5.74, 6) is 0.130. The van der Waals surface area contributed by atoms with Crippen LogP contribution in [0.5, 0.6) is 0 Å². The Kier molecular flexibility index (Phi) is 5.10. The lowest BCUT2D eigenvalue weighted by Gasteiger charge is -2.19. The molecule has 2 atom stereocenters. The van der Waals surface area contributed by atoms with E-state index in [1.54, 1.807) is 19.2 Å². The Morgan fingerprint density at radius 2 is 2.06 bits per heavy atom. The fraction of sp³-hybridized carbons (Fsp3) is 0.417. The first kappa shape index (κ1) is 12.8. The highest BCUT2D eigenvalue weighted by molar-refractivity contribution is 6.30. The fourth-order valence-electron chi connectivity index (χ4n) is 1.39. The average molecular weight is 239 g/mol. The summed E-state index contributed by atoms with van der Waals surface area (Å²) in [6.07, 6.45) is 0. The van der Waals surface area contributed by atoms with Crippen LogP contribution in [0.15, 0.2) is 24.3 Å². The largest absolute Gasteiger partial charge is 0.384 e. The lowest BCUT2D eigenvalue weighted by atomic mass is 10.0. The van der Waals surface area contributed by atoms with Crippen LogP contribution in [0.1, 0.15) is 6.92 Å². The maximum absolute atomic E-state index is 9.04. The van der Waals surface area contributed by atoms with Crippen molar-refractivity contribution >= 4 is 17.3 Å². The third kappa shape index (κ3) is 3.73. The maximum Gasteiger partial charge on any atom is 0.119 e. The van der Waals surface area contributed by atoms with Crippen molar-refractivity contribution in [2.24, 2.45) is 5.92 Å². The first-order chi connectivity index (χ1) is 7.67. The molecule has 0 radical (unpaired) electrons. The van der Waals surface area contributed by atoms with Crippen LogP contribution in [-0.4, -0.2) is 19.8 Å². The molecule has 0 fully saturated rings. The van der Waals surface area contributed by atoms with Gasteiger partial charge in [-0.1, -0.05) is 18.5 Å². The molecule has 86 valence electrons. The van der Waals surface area contributed by atoms with Crippen molar-refractivity contribution in [2.75, 3.05) is 19.0 Å². The predicted molar refractivity (Wildman–Crippen MR) is 65.5 cm³/mol. The van der Waals surface area contributed by atoms with Gasteiger partial charge in [0.25, 0.3) is 0 Å². The normalized spacial score (nSPS) is 13.9. The number of ether oxygens (including phenoxy) is 1. The van der Waals surface area contributed by atoms with E-state index >= 15 is 0 Å². The Bertz CT molecular complexity index is 358. The van der Waals surface area contributed by atoms with Gasteiger partial charge in [0.2, 0.25) is 0 Å². The molecule has 1 rings (SSSR count). The highest BCUT2D eigenvalue weighted by Gasteiger charge is 2.16. The minimum absolute atomic E-state index is 0.130. The van der Waals surface area contributed by atoms with Crippen LogP contribution in [0.2, 0.25) is 5.02 Å². The van der Waals surface area contributed by atoms with Gasteiger partial charge in [0, 0.05) is 23.7 Å². The molecule has 1 aromatic rings. The number of methoxy groups -OCH3 is 1. The molecule has 0 aliphatic rings. The van der Waals surface area contributed by atoms with Crippen molar-refractivity contribution in [3.8, 4) is 6.07 Å². The van der Waals surface area contributed by atoms with Crippen LogP contribution < -0.4 is 5.32 Å². The van der Waals surface area contributed by atoms with Crippen LogP contribution >= 0.6 is 11.6 Å². The average Bonchev–Trinajstić information content (AvgIpc) is 2.28. The van der Waals surface area contributed by atoms with E-state index in [2.05, 4.69) is 11.4 Å². The summed E-state index contributed by atoms with van der Waals surface area (Å²) in [5, 5.41) is 12.9. The molecule has 0 spiro atoms. The van der Waals surface area contributed by atoms with Crippen molar-refractivity contribution < 1.29 is 4.74 Å². The molecule has 0 aliphatic heterocycles. The zero-order valence-electron chi connectivity index (χ0n) is 9.40. The monoisotopic (exact) mass is 238 g/mol. The predicted octanol–water partition coefficient (Wildman–Crippen LogP) is 2.93. The number of nitrogens with zero attached hydrogens (tertiary/aromatic N) is 1. The second-order valence-electron chi connectivity index (χ2n) is 3.69. The molecular weight excluding hydrogens is 224 g/mol. The highest BCUT2D eigenvalue weighted by Crippen LogP contribution is 2.16. The quantitative estimate of drug-likeness (QED) is 0.858. The summed E-state index contributed by atoms with van der Waals surface area (Å²) in [6.45, 7) is 2.53. The Balaban J connectivity index is 2.63. The Morgan fingerprint density at radius 1 is 1.44 bits per heavy atom. The highest BCUT2D eigenvalue weighted by atomic mass is 35.5. The summed E-state index contributed by atoms with van der Waals surface area (Å²) >= 11 is 5.78. The molecule has 4 heteroatoms. The molecule has 0 amide bonds. The van der Waals surface area contributed by atoms with Crippen LogP contribution in [-0.2, 0) is 4.74 Å². The van der Waals surface area contributed by atoms with Crippen LogP contribution in [0, 0.1) is 17.2 Å². The van der Waals surface area contributed by atoms with E-state index in [0.29, 0.717) is 11.6 Å². The molecule has 1 aromatic carbocycles. The first-order valence-electron chi connectivity index (χ1n) is 5.08. The van der Waals surface area contributed by atoms with Gasteiger partial charge < -0.3 is 10.1 Å². The number of hydrogen-bond donors (Lipinski definition) is 1. The molecule has 16 heavy (non-hydrogen) atoms. The van der Waals surface area contributed by atoms with Gasteiger partial charge in [-0.25, -0.2) is 0 Å². The summed E-state index contributed by atoms with van der Waals surface area (Å²) in [6, 6.07) is 9.25. The first-order valence-corrected chi connectivity index (χ1v) is 5.46. The van der Waals surface area contributed by atoms with Crippen molar-refractivity contribution in [3.05, 3.63) is 29.3 Å². The summed E-state index contributed by atoms with van der Waals surface area (Å²) in [4.78, 5) is 0. The topological polar surface area (TPSA) is 45.0 Å². The smallest absolute Gasteiger partial charge is 0.119 e. The molecule has 1 N–H and O–H groups in total. The lowest BCUT2D eigenvalue weighted by molar-refractivity contribution is 0.157. The lowest BCUT2D eigenvalue weighted by Crippen LogP contribution is -2.28. The van der Waals surface area contributed by atoms with E-state index in [-0.39, 0.29) is 12.0 Å². The van der Waals surface area contributed by atoms with Gasteiger partial charge >= 0.3 is 0 Å². The van der Waals surface area contributed by atoms with Crippen molar-refractivity contribution in [1.29, 1.82) is 5.26 Å². The van der Waals surface area contributed by atoms with E-state index in [4.69, 9.17) is 21.6 Å². The molecule has 0 saturated heterocycles. The van der Waals surface area contributed by atoms with E-state index in [9.17, 15) is 0 Å². The zero-order chi connectivity index (χ0) is 12.0. The van der Waals surface area contributed by atoms with E-state index in [1.165, 1.54) is 0 Å². The molecule has 0 aromatic heterocycles. The Labute approximate surface area is 101 Å². The molecule has 0 heterocycles. The van der Waals surface area contributed by atoms with Crippen molar-refractivity contribution in [3.63, 3.8) is 0 Å². The number of hydrogen-bond acceptors (Lipinski definition) is 3. The number of benzene rings is 1. The van der Waals surface area contributed by atoms with Gasteiger partial charge in [0.1, 0.15) is 6.04 Å². The van der Waals surface area contributed by atoms with Gasteiger partial charge in [-0.05, 0) is 24.3 Å². The molecule has 3 nitrogen and oxygen atoms in total. The minimum Gasteiger partial charge on any atom is -0.384 e. The van der Waals surface area contributed by atoms with Crippen LogP contribution in [0.3, 0.4) is 0 Å². The van der Waals surface area contributed by atoms with E-state index in [1.807, 2.05) is 19.1 Å². The zero-order valence-corrected chi connectivity index (χ0v) is 10.2. The fourth-order valence-corrected chi connectivity index (χ4v) is 1.51. The standard InChI is InChI=1S/C12H15ClN2O/c1-9(8-16-2)12(7-14)15-11-5-3-10(13)4-6-11/h3-6,9,12,15H,8H2,1-2H3.